The Labute approximate surface area is 345 Å². The molecule has 0 aliphatic rings. The van der Waals surface area contributed by atoms with Crippen molar-refractivity contribution in [2.24, 2.45) is 0 Å². The van der Waals surface area contributed by atoms with Gasteiger partial charge < -0.3 is 8.98 Å². The quantitative estimate of drug-likeness (QED) is 0.179. The number of furan rings is 1. The Bertz CT molecular complexity index is 4130. The van der Waals surface area contributed by atoms with Gasteiger partial charge >= 0.3 is 0 Å². The van der Waals surface area contributed by atoms with E-state index in [0.29, 0.717) is 11.5 Å². The predicted molar refractivity (Wildman–Crippen MR) is 251 cm³/mol. The van der Waals surface area contributed by atoms with E-state index in [1.54, 1.807) is 0 Å². The van der Waals surface area contributed by atoms with Crippen LogP contribution in [0.2, 0.25) is 0 Å². The molecule has 5 heterocycles. The average Bonchev–Trinajstić information content (AvgIpc) is 4.07. The molecule has 0 N–H and O–H groups in total. The summed E-state index contributed by atoms with van der Waals surface area (Å²) in [6.07, 6.45) is 0. The van der Waals surface area contributed by atoms with E-state index in [2.05, 4.69) is 179 Å². The molecule has 0 spiro atoms. The molecule has 9 aromatic carbocycles. The Morgan fingerprint density at radius 2 is 1.10 bits per heavy atom. The molecule has 0 fully saturated rings. The SMILES string of the molecule is c1ccc(-n2c3ccc4ccccc4c3c3c4ccccc4c4c5ccccc5n(-c5nc(-c6ccc7sc8ccccc8c7c6)c6oc7ccccc7c6n5)c4c32)cc1. The van der Waals surface area contributed by atoms with Gasteiger partial charge in [-0.25, -0.2) is 9.97 Å². The van der Waals surface area contributed by atoms with Gasteiger partial charge in [-0.3, -0.25) is 4.57 Å². The molecule has 0 aliphatic heterocycles. The fraction of sp³-hybridized carbons (Fsp3) is 0. The summed E-state index contributed by atoms with van der Waals surface area (Å²) in [4.78, 5) is 11.2. The van der Waals surface area contributed by atoms with Gasteiger partial charge in [-0.2, -0.15) is 0 Å². The third-order valence-electron chi connectivity index (χ3n) is 12.5. The lowest BCUT2D eigenvalue weighted by atomic mass is 9.96. The van der Waals surface area contributed by atoms with Gasteiger partial charge in [0.15, 0.2) is 5.58 Å². The van der Waals surface area contributed by atoms with Crippen LogP contribution in [0.25, 0.3) is 130 Å². The molecule has 60 heavy (non-hydrogen) atoms. The van der Waals surface area contributed by atoms with Crippen molar-refractivity contribution in [2.45, 2.75) is 0 Å². The van der Waals surface area contributed by atoms with Crippen molar-refractivity contribution in [3.8, 4) is 22.9 Å². The smallest absolute Gasteiger partial charge is 0.236 e. The lowest BCUT2D eigenvalue weighted by Crippen LogP contribution is -2.04. The summed E-state index contributed by atoms with van der Waals surface area (Å²) in [7, 11) is 0. The lowest BCUT2D eigenvalue weighted by molar-refractivity contribution is 0.666. The Morgan fingerprint density at radius 1 is 0.433 bits per heavy atom. The molecule has 0 atom stereocenters. The van der Waals surface area contributed by atoms with Crippen LogP contribution in [0.1, 0.15) is 0 Å². The highest BCUT2D eigenvalue weighted by molar-refractivity contribution is 7.25. The highest BCUT2D eigenvalue weighted by Crippen LogP contribution is 2.48. The van der Waals surface area contributed by atoms with Gasteiger partial charge in [-0.05, 0) is 76.1 Å². The summed E-state index contributed by atoms with van der Waals surface area (Å²) < 4.78 is 14.0. The van der Waals surface area contributed by atoms with Gasteiger partial charge in [0.1, 0.15) is 16.8 Å². The van der Waals surface area contributed by atoms with Gasteiger partial charge in [-0.1, -0.05) is 127 Å². The summed E-state index contributed by atoms with van der Waals surface area (Å²) in [6, 6.07) is 65.3. The number of rotatable bonds is 3. The Balaban J connectivity index is 1.22. The molecule has 0 radical (unpaired) electrons. The van der Waals surface area contributed by atoms with Crippen molar-refractivity contribution >= 4 is 119 Å². The lowest BCUT2D eigenvalue weighted by Gasteiger charge is -2.14. The van der Waals surface area contributed by atoms with Crippen molar-refractivity contribution in [2.75, 3.05) is 0 Å². The van der Waals surface area contributed by atoms with Crippen LogP contribution in [-0.2, 0) is 0 Å². The van der Waals surface area contributed by atoms with Crippen LogP contribution in [0.4, 0.5) is 0 Å². The van der Waals surface area contributed by atoms with E-state index < -0.39 is 0 Å². The van der Waals surface area contributed by atoms with Crippen molar-refractivity contribution in [3.05, 3.63) is 182 Å². The van der Waals surface area contributed by atoms with E-state index >= 15 is 0 Å². The van der Waals surface area contributed by atoms with Crippen LogP contribution in [0, 0.1) is 0 Å². The zero-order valence-electron chi connectivity index (χ0n) is 31.9. The summed E-state index contributed by atoms with van der Waals surface area (Å²) in [6.45, 7) is 0. The number of thiophene rings is 1. The topological polar surface area (TPSA) is 48.8 Å². The van der Waals surface area contributed by atoms with Crippen LogP contribution >= 0.6 is 11.3 Å². The number of aromatic nitrogens is 4. The minimum absolute atomic E-state index is 0.594. The minimum atomic E-state index is 0.594. The van der Waals surface area contributed by atoms with Crippen molar-refractivity contribution in [1.29, 1.82) is 0 Å². The molecule has 5 aromatic heterocycles. The van der Waals surface area contributed by atoms with E-state index in [9.17, 15) is 0 Å². The Kier molecular flexibility index (Phi) is 6.38. The first kappa shape index (κ1) is 32.2. The molecule has 278 valence electrons. The fourth-order valence-electron chi connectivity index (χ4n) is 10.0. The molecular weight excluding hydrogens is 753 g/mol. The minimum Gasteiger partial charge on any atom is -0.452 e. The van der Waals surface area contributed by atoms with E-state index in [4.69, 9.17) is 14.4 Å². The summed E-state index contributed by atoms with van der Waals surface area (Å²) >= 11 is 1.82. The number of benzene rings is 9. The van der Waals surface area contributed by atoms with Crippen molar-refractivity contribution in [1.82, 2.24) is 19.1 Å². The molecule has 14 rings (SSSR count). The Hall–Kier alpha value is -7.80. The fourth-order valence-corrected chi connectivity index (χ4v) is 11.1. The summed E-state index contributed by atoms with van der Waals surface area (Å²) in [5.74, 6) is 0.594. The second-order valence-corrected chi connectivity index (χ2v) is 16.7. The second-order valence-electron chi connectivity index (χ2n) is 15.7. The zero-order chi connectivity index (χ0) is 39.1. The van der Waals surface area contributed by atoms with Crippen LogP contribution in [-0.4, -0.2) is 19.1 Å². The van der Waals surface area contributed by atoms with Crippen LogP contribution in [0.3, 0.4) is 0 Å². The first-order valence-corrected chi connectivity index (χ1v) is 21.1. The van der Waals surface area contributed by atoms with Crippen molar-refractivity contribution < 1.29 is 4.42 Å². The van der Waals surface area contributed by atoms with Gasteiger partial charge in [-0.15, -0.1) is 11.3 Å². The molecule has 0 saturated carbocycles. The molecule has 5 nitrogen and oxygen atoms in total. The van der Waals surface area contributed by atoms with E-state index in [1.807, 2.05) is 23.5 Å². The third kappa shape index (κ3) is 4.24. The maximum Gasteiger partial charge on any atom is 0.236 e. The van der Waals surface area contributed by atoms with Gasteiger partial charge in [0, 0.05) is 58.4 Å². The number of nitrogens with zero attached hydrogens (tertiary/aromatic N) is 4. The summed E-state index contributed by atoms with van der Waals surface area (Å²) in [5, 5.41) is 13.0. The molecule has 6 heteroatoms. The second kappa shape index (κ2) is 11.9. The number of para-hydroxylation sites is 3. The van der Waals surface area contributed by atoms with Crippen molar-refractivity contribution in [3.63, 3.8) is 0 Å². The average molecular weight is 783 g/mol. The van der Waals surface area contributed by atoms with Gasteiger partial charge in [0.2, 0.25) is 5.95 Å². The first-order chi connectivity index (χ1) is 29.8. The largest absolute Gasteiger partial charge is 0.452 e. The predicted octanol–water partition coefficient (Wildman–Crippen LogP) is 14.9. The third-order valence-corrected chi connectivity index (χ3v) is 13.6. The zero-order valence-corrected chi connectivity index (χ0v) is 32.7. The maximum absolute atomic E-state index is 6.72. The number of hydrogen-bond acceptors (Lipinski definition) is 4. The molecule has 0 amide bonds. The van der Waals surface area contributed by atoms with Crippen LogP contribution in [0.5, 0.6) is 0 Å². The monoisotopic (exact) mass is 782 g/mol. The molecule has 0 aliphatic carbocycles. The molecular formula is C54H30N4OS. The summed E-state index contributed by atoms with van der Waals surface area (Å²) in [5.41, 5.74) is 9.47. The van der Waals surface area contributed by atoms with E-state index in [1.165, 1.54) is 57.9 Å². The molecule has 0 bridgehead atoms. The molecule has 14 aromatic rings. The maximum atomic E-state index is 6.72. The highest BCUT2D eigenvalue weighted by Gasteiger charge is 2.28. The van der Waals surface area contributed by atoms with E-state index in [-0.39, 0.29) is 0 Å². The normalized spacial score (nSPS) is 12.3. The van der Waals surface area contributed by atoms with E-state index in [0.717, 1.165) is 60.9 Å². The highest BCUT2D eigenvalue weighted by atomic mass is 32.1. The first-order valence-electron chi connectivity index (χ1n) is 20.2. The van der Waals surface area contributed by atoms with Crippen LogP contribution < -0.4 is 0 Å². The number of fused-ring (bicyclic) bond motifs is 18. The standard InChI is InChI=1S/C54H30N4OS/c1-2-15-33(16-3-1)57-42-28-26-31-14-4-5-17-34(31)47(42)48-37-20-7-6-19-36(37)46-38-21-8-11-23-41(38)58(51(46)52(48)57)54-55-49(53-50(56-54)39-22-9-12-24-43(39)59-53)32-27-29-45-40(30-32)35-18-10-13-25-44(35)60-45/h1-30H. The van der Waals surface area contributed by atoms with Crippen LogP contribution in [0.15, 0.2) is 186 Å². The number of hydrogen-bond donors (Lipinski definition) is 0. The van der Waals surface area contributed by atoms with Gasteiger partial charge in [0.05, 0.1) is 22.1 Å². The molecule has 0 saturated heterocycles. The molecule has 0 unspecified atom stereocenters. The Morgan fingerprint density at radius 3 is 1.97 bits per heavy atom. The van der Waals surface area contributed by atoms with Gasteiger partial charge in [0.25, 0.3) is 0 Å².